The van der Waals surface area contributed by atoms with Crippen molar-refractivity contribution in [1.29, 1.82) is 0 Å². The van der Waals surface area contributed by atoms with E-state index in [0.29, 0.717) is 0 Å². The number of hydrogen-bond donors (Lipinski definition) is 0. The van der Waals surface area contributed by atoms with Gasteiger partial charge in [-0.25, -0.2) is 9.59 Å². The predicted octanol–water partition coefficient (Wildman–Crippen LogP) is 2.52. The SMILES string of the molecule is CCOC(=O)C1=CN(C)C=C(C(=O)OCC)C1c1ccccc1[N+](=O)[O-]. The Morgan fingerprint density at radius 2 is 1.58 bits per heavy atom. The fourth-order valence-corrected chi connectivity index (χ4v) is 2.80. The van der Waals surface area contributed by atoms with Crippen LogP contribution in [0.15, 0.2) is 47.8 Å². The van der Waals surface area contributed by atoms with Gasteiger partial charge >= 0.3 is 11.9 Å². The first-order chi connectivity index (χ1) is 12.4. The third kappa shape index (κ3) is 3.90. The summed E-state index contributed by atoms with van der Waals surface area (Å²) in [5, 5.41) is 11.5. The summed E-state index contributed by atoms with van der Waals surface area (Å²) in [4.78, 5) is 37.4. The highest BCUT2D eigenvalue weighted by atomic mass is 16.6. The van der Waals surface area contributed by atoms with Crippen molar-refractivity contribution in [2.24, 2.45) is 0 Å². The fraction of sp³-hybridized carbons (Fsp3) is 0.333. The number of carbonyl (C=O) groups is 2. The van der Waals surface area contributed by atoms with Gasteiger partial charge in [0, 0.05) is 31.1 Å². The van der Waals surface area contributed by atoms with Gasteiger partial charge in [-0.15, -0.1) is 0 Å². The van der Waals surface area contributed by atoms with Crippen molar-refractivity contribution in [3.05, 3.63) is 63.5 Å². The second-order valence-electron chi connectivity index (χ2n) is 5.52. The Kier molecular flexibility index (Phi) is 6.11. The smallest absolute Gasteiger partial charge is 0.336 e. The molecule has 1 aromatic rings. The summed E-state index contributed by atoms with van der Waals surface area (Å²) in [5.74, 6) is -2.24. The molecule has 0 spiro atoms. The van der Waals surface area contributed by atoms with Crippen LogP contribution in [0.1, 0.15) is 25.3 Å². The minimum absolute atomic E-state index is 0.134. The molecule has 0 saturated carbocycles. The van der Waals surface area contributed by atoms with Crippen molar-refractivity contribution >= 4 is 17.6 Å². The van der Waals surface area contributed by atoms with Crippen LogP contribution in [-0.4, -0.2) is 42.0 Å². The van der Waals surface area contributed by atoms with Crippen LogP contribution in [0.4, 0.5) is 5.69 Å². The Labute approximate surface area is 150 Å². The molecule has 26 heavy (non-hydrogen) atoms. The zero-order chi connectivity index (χ0) is 19.3. The second-order valence-corrected chi connectivity index (χ2v) is 5.52. The highest BCUT2D eigenvalue weighted by Crippen LogP contribution is 2.40. The van der Waals surface area contributed by atoms with Gasteiger partial charge in [0.2, 0.25) is 0 Å². The molecule has 0 N–H and O–H groups in total. The third-order valence-electron chi connectivity index (χ3n) is 3.77. The number of nitro benzene ring substituents is 1. The van der Waals surface area contributed by atoms with Gasteiger partial charge in [0.05, 0.1) is 35.2 Å². The molecule has 0 atom stereocenters. The summed E-state index contributed by atoms with van der Waals surface area (Å²) in [5.41, 5.74) is 0.306. The van der Waals surface area contributed by atoms with Gasteiger partial charge in [0.15, 0.2) is 0 Å². The van der Waals surface area contributed by atoms with E-state index in [0.717, 1.165) is 0 Å². The summed E-state index contributed by atoms with van der Waals surface area (Å²) < 4.78 is 10.2. The molecule has 0 fully saturated rings. The Morgan fingerprint density at radius 1 is 1.08 bits per heavy atom. The third-order valence-corrected chi connectivity index (χ3v) is 3.77. The van der Waals surface area contributed by atoms with Gasteiger partial charge in [0.1, 0.15) is 0 Å². The van der Waals surface area contributed by atoms with Crippen LogP contribution >= 0.6 is 0 Å². The van der Waals surface area contributed by atoms with Crippen molar-refractivity contribution in [3.8, 4) is 0 Å². The molecule has 0 aromatic heterocycles. The molecule has 0 saturated heterocycles. The Morgan fingerprint density at radius 3 is 2.04 bits per heavy atom. The number of carbonyl (C=O) groups excluding carboxylic acids is 2. The highest BCUT2D eigenvalue weighted by molar-refractivity contribution is 5.99. The molecule has 0 unspecified atom stereocenters. The lowest BCUT2D eigenvalue weighted by Gasteiger charge is -2.28. The maximum atomic E-state index is 12.5. The van der Waals surface area contributed by atoms with E-state index in [1.807, 2.05) is 0 Å². The first kappa shape index (κ1) is 19.2. The van der Waals surface area contributed by atoms with E-state index in [2.05, 4.69) is 0 Å². The molecule has 1 aliphatic heterocycles. The molecule has 138 valence electrons. The number of nitro groups is 1. The molecule has 0 aliphatic carbocycles. The van der Waals surface area contributed by atoms with Crippen LogP contribution in [0, 0.1) is 10.1 Å². The molecule has 8 nitrogen and oxygen atoms in total. The molecule has 0 radical (unpaired) electrons. The van der Waals surface area contributed by atoms with E-state index in [1.165, 1.54) is 35.5 Å². The molecule has 2 rings (SSSR count). The lowest BCUT2D eigenvalue weighted by atomic mass is 9.82. The van der Waals surface area contributed by atoms with Crippen molar-refractivity contribution < 1.29 is 24.0 Å². The Hall–Kier alpha value is -3.16. The number of esters is 2. The summed E-state index contributed by atoms with van der Waals surface area (Å²) in [6, 6.07) is 6.00. The molecule has 1 aliphatic rings. The molecular formula is C18H20N2O6. The van der Waals surface area contributed by atoms with E-state index < -0.39 is 22.8 Å². The van der Waals surface area contributed by atoms with E-state index in [4.69, 9.17) is 9.47 Å². The Bertz CT molecular complexity index is 748. The summed E-state index contributed by atoms with van der Waals surface area (Å²) >= 11 is 0. The predicted molar refractivity (Wildman–Crippen MR) is 93.0 cm³/mol. The van der Waals surface area contributed by atoms with Crippen LogP contribution in [0.25, 0.3) is 0 Å². The van der Waals surface area contributed by atoms with Crippen molar-refractivity contribution in [1.82, 2.24) is 4.90 Å². The van der Waals surface area contributed by atoms with Gasteiger partial charge < -0.3 is 14.4 Å². The minimum atomic E-state index is -0.953. The molecule has 8 heteroatoms. The Balaban J connectivity index is 2.64. The largest absolute Gasteiger partial charge is 0.463 e. The average molecular weight is 360 g/mol. The van der Waals surface area contributed by atoms with Gasteiger partial charge in [-0.05, 0) is 13.8 Å². The van der Waals surface area contributed by atoms with Crippen molar-refractivity contribution in [3.63, 3.8) is 0 Å². The number of para-hydroxylation sites is 1. The number of hydrogen-bond acceptors (Lipinski definition) is 7. The van der Waals surface area contributed by atoms with Crippen LogP contribution in [0.2, 0.25) is 0 Å². The lowest BCUT2D eigenvalue weighted by molar-refractivity contribution is -0.385. The summed E-state index contributed by atoms with van der Waals surface area (Å²) in [6.07, 6.45) is 3.00. The number of nitrogens with zero attached hydrogens (tertiary/aromatic N) is 2. The second kappa shape index (κ2) is 8.28. The van der Waals surface area contributed by atoms with Gasteiger partial charge in [-0.1, -0.05) is 18.2 Å². The zero-order valence-corrected chi connectivity index (χ0v) is 14.8. The molecule has 1 heterocycles. The fourth-order valence-electron chi connectivity index (χ4n) is 2.80. The number of benzene rings is 1. The van der Waals surface area contributed by atoms with Crippen molar-refractivity contribution in [2.75, 3.05) is 20.3 Å². The first-order valence-electron chi connectivity index (χ1n) is 8.13. The van der Waals surface area contributed by atoms with Crippen LogP contribution in [0.5, 0.6) is 0 Å². The van der Waals surface area contributed by atoms with Gasteiger partial charge in [-0.2, -0.15) is 0 Å². The van der Waals surface area contributed by atoms with Gasteiger partial charge in [0.25, 0.3) is 5.69 Å². The summed E-state index contributed by atoms with van der Waals surface area (Å²) in [7, 11) is 1.65. The molecular weight excluding hydrogens is 340 g/mol. The molecule has 0 amide bonds. The van der Waals surface area contributed by atoms with Crippen LogP contribution < -0.4 is 0 Å². The standard InChI is InChI=1S/C18H20N2O6/c1-4-25-17(21)13-10-19(3)11-14(18(22)26-5-2)16(13)12-8-6-7-9-15(12)20(23)24/h6-11,16H,4-5H2,1-3H3. The monoisotopic (exact) mass is 360 g/mol. The first-order valence-corrected chi connectivity index (χ1v) is 8.13. The maximum absolute atomic E-state index is 12.5. The normalized spacial score (nSPS) is 14.3. The van der Waals surface area contributed by atoms with Crippen LogP contribution in [-0.2, 0) is 19.1 Å². The lowest BCUT2D eigenvalue weighted by Crippen LogP contribution is -2.28. The average Bonchev–Trinajstić information content (AvgIpc) is 2.61. The topological polar surface area (TPSA) is 99.0 Å². The number of rotatable bonds is 6. The van der Waals surface area contributed by atoms with Crippen LogP contribution in [0.3, 0.4) is 0 Å². The van der Waals surface area contributed by atoms with Gasteiger partial charge in [-0.3, -0.25) is 10.1 Å². The van der Waals surface area contributed by atoms with E-state index >= 15 is 0 Å². The minimum Gasteiger partial charge on any atom is -0.463 e. The summed E-state index contributed by atoms with van der Waals surface area (Å²) in [6.45, 7) is 3.60. The maximum Gasteiger partial charge on any atom is 0.336 e. The van der Waals surface area contributed by atoms with Crippen molar-refractivity contribution in [2.45, 2.75) is 19.8 Å². The number of ether oxygens (including phenoxy) is 2. The molecule has 0 bridgehead atoms. The van der Waals surface area contributed by atoms with E-state index in [-0.39, 0.29) is 35.6 Å². The quantitative estimate of drug-likeness (QED) is 0.436. The highest BCUT2D eigenvalue weighted by Gasteiger charge is 2.38. The van der Waals surface area contributed by atoms with E-state index in [9.17, 15) is 19.7 Å². The van der Waals surface area contributed by atoms with E-state index in [1.54, 1.807) is 27.0 Å². The zero-order valence-electron chi connectivity index (χ0n) is 14.8. The molecule has 1 aromatic carbocycles.